The molecule has 1 amide bonds. The molecule has 4 aromatic carbocycles. The summed E-state index contributed by atoms with van der Waals surface area (Å²) in [5.41, 5.74) is 4.86. The third-order valence-electron chi connectivity index (χ3n) is 6.03. The predicted molar refractivity (Wildman–Crippen MR) is 129 cm³/mol. The van der Waals surface area contributed by atoms with Gasteiger partial charge in [0, 0.05) is 11.4 Å². The molecule has 0 fully saturated rings. The van der Waals surface area contributed by atoms with E-state index in [1.54, 1.807) is 0 Å². The van der Waals surface area contributed by atoms with E-state index in [0.29, 0.717) is 5.56 Å². The van der Waals surface area contributed by atoms with Crippen molar-refractivity contribution < 1.29 is 4.79 Å². The molecule has 0 saturated heterocycles. The molecule has 3 heteroatoms. The van der Waals surface area contributed by atoms with Crippen molar-refractivity contribution in [1.29, 1.82) is 0 Å². The molecular weight excluding hydrogens is 380 g/mol. The molecule has 0 spiro atoms. The molecule has 0 aliphatic carbocycles. The molecule has 5 rings (SSSR count). The number of anilines is 2. The van der Waals surface area contributed by atoms with Gasteiger partial charge in [-0.2, -0.15) is 0 Å². The fraction of sp³-hybridized carbons (Fsp3) is 0.179. The predicted octanol–water partition coefficient (Wildman–Crippen LogP) is 6.91. The van der Waals surface area contributed by atoms with Crippen LogP contribution < -0.4 is 10.2 Å². The Hall–Kier alpha value is -3.59. The van der Waals surface area contributed by atoms with Crippen LogP contribution in [0.15, 0.2) is 91.0 Å². The quantitative estimate of drug-likeness (QED) is 0.392. The Labute approximate surface area is 183 Å². The van der Waals surface area contributed by atoms with Crippen molar-refractivity contribution in [2.45, 2.75) is 32.4 Å². The van der Waals surface area contributed by atoms with Gasteiger partial charge in [-0.25, -0.2) is 0 Å². The van der Waals surface area contributed by atoms with Gasteiger partial charge in [0.1, 0.15) is 6.17 Å². The van der Waals surface area contributed by atoms with Gasteiger partial charge in [-0.15, -0.1) is 0 Å². The first-order valence-electron chi connectivity index (χ1n) is 10.7. The zero-order chi connectivity index (χ0) is 21.6. The van der Waals surface area contributed by atoms with Gasteiger partial charge in [-0.1, -0.05) is 87.5 Å². The molecule has 0 bridgehead atoms. The zero-order valence-corrected chi connectivity index (χ0v) is 18.1. The number of benzene rings is 4. The number of fused-ring (bicyclic) bond motifs is 2. The van der Waals surface area contributed by atoms with Crippen molar-refractivity contribution in [2.24, 2.45) is 0 Å². The first-order chi connectivity index (χ1) is 14.9. The number of hydrogen-bond acceptors (Lipinski definition) is 2. The Morgan fingerprint density at radius 2 is 1.45 bits per heavy atom. The number of nitrogens with one attached hydrogen (secondary N) is 1. The molecule has 1 aliphatic rings. The summed E-state index contributed by atoms with van der Waals surface area (Å²) in [5.74, 6) is 0.00882. The Balaban J connectivity index is 1.64. The molecule has 0 radical (unpaired) electrons. The van der Waals surface area contributed by atoms with E-state index in [0.717, 1.165) is 27.7 Å². The van der Waals surface area contributed by atoms with Crippen LogP contribution in [0.25, 0.3) is 10.8 Å². The second-order valence-electron chi connectivity index (χ2n) is 9.17. The molecule has 1 unspecified atom stereocenters. The minimum absolute atomic E-state index is 0.00882. The van der Waals surface area contributed by atoms with Crippen LogP contribution in [0.1, 0.15) is 48.4 Å². The summed E-state index contributed by atoms with van der Waals surface area (Å²) in [7, 11) is 0. The lowest BCUT2D eigenvalue weighted by molar-refractivity contribution is 0.0975. The van der Waals surface area contributed by atoms with E-state index in [1.165, 1.54) is 5.56 Å². The SMILES string of the molecule is CC(C)(C)c1ccc(C2Nc3ccccc3C(=O)N2c2ccc3ccccc3c2)cc1. The monoisotopic (exact) mass is 406 g/mol. The van der Waals surface area contributed by atoms with E-state index in [2.05, 4.69) is 74.6 Å². The highest BCUT2D eigenvalue weighted by molar-refractivity contribution is 6.12. The van der Waals surface area contributed by atoms with Gasteiger partial charge in [0.25, 0.3) is 5.91 Å². The van der Waals surface area contributed by atoms with Crippen LogP contribution >= 0.6 is 0 Å². The van der Waals surface area contributed by atoms with Crippen LogP contribution in [0, 0.1) is 0 Å². The van der Waals surface area contributed by atoms with Crippen molar-refractivity contribution in [3.05, 3.63) is 108 Å². The smallest absolute Gasteiger partial charge is 0.262 e. The molecule has 154 valence electrons. The highest BCUT2D eigenvalue weighted by atomic mass is 16.2. The normalized spacial score (nSPS) is 16.2. The maximum Gasteiger partial charge on any atom is 0.262 e. The molecule has 1 N–H and O–H groups in total. The number of carbonyl (C=O) groups is 1. The maximum atomic E-state index is 13.6. The van der Waals surface area contributed by atoms with Crippen molar-refractivity contribution in [3.8, 4) is 0 Å². The van der Waals surface area contributed by atoms with E-state index in [1.807, 2.05) is 47.4 Å². The summed E-state index contributed by atoms with van der Waals surface area (Å²) in [4.78, 5) is 15.5. The summed E-state index contributed by atoms with van der Waals surface area (Å²) in [6.45, 7) is 6.63. The van der Waals surface area contributed by atoms with Crippen LogP contribution in [0.4, 0.5) is 11.4 Å². The summed E-state index contributed by atoms with van der Waals surface area (Å²) in [6, 6.07) is 30.8. The molecule has 3 nitrogen and oxygen atoms in total. The number of nitrogens with zero attached hydrogens (tertiary/aromatic N) is 1. The molecule has 4 aromatic rings. The number of carbonyl (C=O) groups excluding carboxylic acids is 1. The van der Waals surface area contributed by atoms with Crippen molar-refractivity contribution in [3.63, 3.8) is 0 Å². The van der Waals surface area contributed by atoms with Gasteiger partial charge < -0.3 is 5.32 Å². The highest BCUT2D eigenvalue weighted by Crippen LogP contribution is 2.38. The van der Waals surface area contributed by atoms with E-state index in [9.17, 15) is 4.79 Å². The lowest BCUT2D eigenvalue weighted by Gasteiger charge is -2.38. The average Bonchev–Trinajstić information content (AvgIpc) is 2.78. The Bertz CT molecular complexity index is 1270. The second-order valence-corrected chi connectivity index (χ2v) is 9.17. The van der Waals surface area contributed by atoms with Gasteiger partial charge in [0.2, 0.25) is 0 Å². The lowest BCUT2D eigenvalue weighted by Crippen LogP contribution is -2.43. The summed E-state index contributed by atoms with van der Waals surface area (Å²) in [5, 5.41) is 5.88. The summed E-state index contributed by atoms with van der Waals surface area (Å²) < 4.78 is 0. The molecule has 1 atom stereocenters. The Morgan fingerprint density at radius 1 is 0.774 bits per heavy atom. The Morgan fingerprint density at radius 3 is 2.19 bits per heavy atom. The molecule has 0 saturated carbocycles. The molecule has 0 aromatic heterocycles. The van der Waals surface area contributed by atoms with Crippen LogP contribution in [0.2, 0.25) is 0 Å². The number of hydrogen-bond donors (Lipinski definition) is 1. The van der Waals surface area contributed by atoms with E-state index in [-0.39, 0.29) is 17.5 Å². The first kappa shape index (κ1) is 19.4. The molecule has 1 heterocycles. The van der Waals surface area contributed by atoms with E-state index < -0.39 is 0 Å². The van der Waals surface area contributed by atoms with E-state index in [4.69, 9.17) is 0 Å². The minimum Gasteiger partial charge on any atom is -0.360 e. The van der Waals surface area contributed by atoms with Gasteiger partial charge in [0.05, 0.1) is 5.56 Å². The summed E-state index contributed by atoms with van der Waals surface area (Å²) >= 11 is 0. The highest BCUT2D eigenvalue weighted by Gasteiger charge is 2.34. The maximum absolute atomic E-state index is 13.6. The number of amides is 1. The lowest BCUT2D eigenvalue weighted by atomic mass is 9.86. The Kier molecular flexibility index (Phi) is 4.55. The van der Waals surface area contributed by atoms with Gasteiger partial charge in [-0.05, 0) is 51.6 Å². The standard InChI is InChI=1S/C28H26N2O/c1-28(2,3)22-15-12-20(13-16-22)26-29-25-11-7-6-10-24(25)27(31)30(26)23-17-14-19-8-4-5-9-21(19)18-23/h4-18,26,29H,1-3H3. The van der Waals surface area contributed by atoms with Crippen LogP contribution in [0.3, 0.4) is 0 Å². The molecular formula is C28H26N2O. The van der Waals surface area contributed by atoms with Crippen LogP contribution in [-0.2, 0) is 5.41 Å². The first-order valence-corrected chi connectivity index (χ1v) is 10.7. The third-order valence-corrected chi connectivity index (χ3v) is 6.03. The summed E-state index contributed by atoms with van der Waals surface area (Å²) in [6.07, 6.45) is -0.280. The largest absolute Gasteiger partial charge is 0.360 e. The topological polar surface area (TPSA) is 32.3 Å². The fourth-order valence-electron chi connectivity index (χ4n) is 4.25. The van der Waals surface area contributed by atoms with Crippen molar-refractivity contribution in [2.75, 3.05) is 10.2 Å². The molecule has 1 aliphatic heterocycles. The van der Waals surface area contributed by atoms with Crippen LogP contribution in [-0.4, -0.2) is 5.91 Å². The van der Waals surface area contributed by atoms with Gasteiger partial charge in [0.15, 0.2) is 0 Å². The van der Waals surface area contributed by atoms with Crippen molar-refractivity contribution in [1.82, 2.24) is 0 Å². The van der Waals surface area contributed by atoms with Crippen LogP contribution in [0.5, 0.6) is 0 Å². The molecule has 31 heavy (non-hydrogen) atoms. The third kappa shape index (κ3) is 3.46. The van der Waals surface area contributed by atoms with Gasteiger partial charge in [-0.3, -0.25) is 9.69 Å². The second kappa shape index (κ2) is 7.28. The van der Waals surface area contributed by atoms with Gasteiger partial charge >= 0.3 is 0 Å². The zero-order valence-electron chi connectivity index (χ0n) is 18.1. The van der Waals surface area contributed by atoms with E-state index >= 15 is 0 Å². The minimum atomic E-state index is -0.280. The van der Waals surface area contributed by atoms with Crippen molar-refractivity contribution >= 4 is 28.1 Å². The average molecular weight is 407 g/mol. The number of para-hydroxylation sites is 1. The fourth-order valence-corrected chi connectivity index (χ4v) is 4.25. The number of rotatable bonds is 2.